The number of hydrogen-bond acceptors (Lipinski definition) is 4. The summed E-state index contributed by atoms with van der Waals surface area (Å²) in [7, 11) is 0. The molecule has 4 nitrogen and oxygen atoms in total. The summed E-state index contributed by atoms with van der Waals surface area (Å²) in [6, 6.07) is 9.07. The van der Waals surface area contributed by atoms with Gasteiger partial charge in [0, 0.05) is 12.0 Å². The number of hydrogen-bond donors (Lipinski definition) is 1. The fourth-order valence-corrected chi connectivity index (χ4v) is 2.71. The van der Waals surface area contributed by atoms with Gasteiger partial charge in [0.25, 0.3) is 0 Å². The molecule has 0 saturated heterocycles. The highest BCUT2D eigenvalue weighted by molar-refractivity contribution is 5.31. The smallest absolute Gasteiger partial charge is 0.230 e. The molecule has 0 amide bonds. The van der Waals surface area contributed by atoms with Crippen molar-refractivity contribution in [2.24, 2.45) is 0 Å². The van der Waals surface area contributed by atoms with Crippen LogP contribution in [0.3, 0.4) is 0 Å². The molecule has 1 aliphatic carbocycles. The first-order chi connectivity index (χ1) is 9.72. The Hall–Kier alpha value is -1.68. The highest BCUT2D eigenvalue weighted by Crippen LogP contribution is 2.31. The van der Waals surface area contributed by atoms with Crippen LogP contribution in [-0.4, -0.2) is 16.2 Å². The summed E-state index contributed by atoms with van der Waals surface area (Å²) in [5, 5.41) is 7.38. The fraction of sp³-hybridized carbons (Fsp3) is 0.500. The second-order valence-corrected chi connectivity index (χ2v) is 5.79. The zero-order chi connectivity index (χ0) is 13.9. The zero-order valence-electron chi connectivity index (χ0n) is 12.1. The first kappa shape index (κ1) is 13.3. The van der Waals surface area contributed by atoms with Gasteiger partial charge in [-0.3, -0.25) is 0 Å². The van der Waals surface area contributed by atoms with Gasteiger partial charge in [0.1, 0.15) is 0 Å². The lowest BCUT2D eigenvalue weighted by molar-refractivity contribution is 0.336. The molecule has 106 valence electrons. The minimum atomic E-state index is 0.366. The van der Waals surface area contributed by atoms with Crippen molar-refractivity contribution in [2.45, 2.75) is 51.6 Å². The van der Waals surface area contributed by atoms with Crippen LogP contribution in [0.2, 0.25) is 0 Å². The molecule has 0 saturated carbocycles. The molecule has 2 aromatic rings. The van der Waals surface area contributed by atoms with Gasteiger partial charge >= 0.3 is 0 Å². The predicted molar refractivity (Wildman–Crippen MR) is 77.5 cm³/mol. The average Bonchev–Trinajstić information content (AvgIpc) is 2.93. The quantitative estimate of drug-likeness (QED) is 0.929. The Balaban J connectivity index is 1.69. The van der Waals surface area contributed by atoms with Crippen LogP contribution in [0.15, 0.2) is 28.8 Å². The summed E-state index contributed by atoms with van der Waals surface area (Å²) in [5.74, 6) is 1.91. The lowest BCUT2D eigenvalue weighted by Gasteiger charge is -2.21. The summed E-state index contributed by atoms with van der Waals surface area (Å²) in [6.07, 6.45) is 3.20. The van der Waals surface area contributed by atoms with Crippen LogP contribution in [0.25, 0.3) is 0 Å². The van der Waals surface area contributed by atoms with Crippen molar-refractivity contribution in [3.63, 3.8) is 0 Å². The van der Waals surface area contributed by atoms with Crippen LogP contribution in [0.5, 0.6) is 0 Å². The van der Waals surface area contributed by atoms with Gasteiger partial charge in [-0.25, -0.2) is 0 Å². The summed E-state index contributed by atoms with van der Waals surface area (Å²) in [5.41, 5.74) is 2.88. The van der Waals surface area contributed by atoms with E-state index in [1.165, 1.54) is 11.1 Å². The van der Waals surface area contributed by atoms with E-state index >= 15 is 0 Å². The van der Waals surface area contributed by atoms with Gasteiger partial charge in [-0.15, -0.1) is 0 Å². The topological polar surface area (TPSA) is 51.0 Å². The summed E-state index contributed by atoms with van der Waals surface area (Å²) in [6.45, 7) is 4.89. The molecule has 20 heavy (non-hydrogen) atoms. The van der Waals surface area contributed by atoms with E-state index in [2.05, 4.69) is 53.6 Å². The molecule has 0 radical (unpaired) electrons. The van der Waals surface area contributed by atoms with Gasteiger partial charge in [-0.05, 0) is 30.4 Å². The molecule has 0 spiro atoms. The minimum Gasteiger partial charge on any atom is -0.339 e. The molecule has 1 aromatic carbocycles. The van der Waals surface area contributed by atoms with Crippen LogP contribution in [0.1, 0.15) is 49.0 Å². The Bertz CT molecular complexity index is 577. The highest BCUT2D eigenvalue weighted by Gasteiger charge is 2.24. The number of benzene rings is 1. The molecule has 0 fully saturated rings. The van der Waals surface area contributed by atoms with E-state index in [-0.39, 0.29) is 0 Å². The van der Waals surface area contributed by atoms with E-state index in [4.69, 9.17) is 4.52 Å². The number of aryl methyl sites for hydroxylation is 1. The summed E-state index contributed by atoms with van der Waals surface area (Å²) in [4.78, 5) is 4.54. The first-order valence-corrected chi connectivity index (χ1v) is 7.35. The van der Waals surface area contributed by atoms with Crippen molar-refractivity contribution < 1.29 is 4.52 Å². The number of nitrogens with one attached hydrogen (secondary N) is 1. The van der Waals surface area contributed by atoms with Crippen molar-refractivity contribution in [1.29, 1.82) is 0 Å². The Morgan fingerprint density at radius 1 is 1.30 bits per heavy atom. The molecule has 1 atom stereocenters. The normalized spacial score (nSPS) is 18.2. The molecule has 1 N–H and O–H groups in total. The fourth-order valence-electron chi connectivity index (χ4n) is 2.71. The maximum atomic E-state index is 5.45. The SMILES string of the molecule is CC(C)NCc1noc(C2CCc3ccccc3C2)n1. The number of nitrogens with zero attached hydrogens (tertiary/aromatic N) is 2. The molecule has 1 unspecified atom stereocenters. The molecular weight excluding hydrogens is 250 g/mol. The molecule has 1 aromatic heterocycles. The van der Waals surface area contributed by atoms with E-state index in [1.807, 2.05) is 0 Å². The van der Waals surface area contributed by atoms with E-state index in [9.17, 15) is 0 Å². The summed E-state index contributed by atoms with van der Waals surface area (Å²) < 4.78 is 5.45. The van der Waals surface area contributed by atoms with Crippen LogP contribution in [-0.2, 0) is 19.4 Å². The molecule has 1 heterocycles. The van der Waals surface area contributed by atoms with Crippen LogP contribution in [0.4, 0.5) is 0 Å². The Labute approximate surface area is 119 Å². The van der Waals surface area contributed by atoms with Crippen LogP contribution in [0, 0.1) is 0 Å². The zero-order valence-corrected chi connectivity index (χ0v) is 12.1. The number of rotatable bonds is 4. The van der Waals surface area contributed by atoms with E-state index in [0.717, 1.165) is 31.0 Å². The lowest BCUT2D eigenvalue weighted by Crippen LogP contribution is -2.22. The van der Waals surface area contributed by atoms with E-state index < -0.39 is 0 Å². The van der Waals surface area contributed by atoms with Crippen molar-refractivity contribution in [3.05, 3.63) is 47.1 Å². The van der Waals surface area contributed by atoms with Gasteiger partial charge < -0.3 is 9.84 Å². The molecule has 0 aliphatic heterocycles. The van der Waals surface area contributed by atoms with Gasteiger partial charge in [-0.2, -0.15) is 4.98 Å². The van der Waals surface area contributed by atoms with Gasteiger partial charge in [0.15, 0.2) is 5.82 Å². The first-order valence-electron chi connectivity index (χ1n) is 7.35. The van der Waals surface area contributed by atoms with E-state index in [1.54, 1.807) is 0 Å². The Morgan fingerprint density at radius 3 is 2.90 bits per heavy atom. The predicted octanol–water partition coefficient (Wildman–Crippen LogP) is 2.84. The number of aromatic nitrogens is 2. The third kappa shape index (κ3) is 2.90. The second-order valence-electron chi connectivity index (χ2n) is 5.79. The lowest BCUT2D eigenvalue weighted by atomic mass is 9.84. The monoisotopic (exact) mass is 271 g/mol. The van der Waals surface area contributed by atoms with Crippen LogP contribution >= 0.6 is 0 Å². The molecule has 0 bridgehead atoms. The molecule has 4 heteroatoms. The second kappa shape index (κ2) is 5.75. The highest BCUT2D eigenvalue weighted by atomic mass is 16.5. The van der Waals surface area contributed by atoms with Gasteiger partial charge in [0.2, 0.25) is 5.89 Å². The molecular formula is C16H21N3O. The van der Waals surface area contributed by atoms with Crippen LogP contribution < -0.4 is 5.32 Å². The third-order valence-electron chi connectivity index (χ3n) is 3.85. The standard InChI is InChI=1S/C16H21N3O/c1-11(2)17-10-15-18-16(20-19-15)14-8-7-12-5-3-4-6-13(12)9-14/h3-6,11,14,17H,7-10H2,1-2H3. The maximum absolute atomic E-state index is 5.45. The third-order valence-corrected chi connectivity index (χ3v) is 3.85. The minimum absolute atomic E-state index is 0.366. The van der Waals surface area contributed by atoms with Gasteiger partial charge in [-0.1, -0.05) is 43.3 Å². The number of fused-ring (bicyclic) bond motifs is 1. The largest absolute Gasteiger partial charge is 0.339 e. The Morgan fingerprint density at radius 2 is 2.10 bits per heavy atom. The van der Waals surface area contributed by atoms with Gasteiger partial charge in [0.05, 0.1) is 6.54 Å². The Kier molecular flexibility index (Phi) is 3.83. The maximum Gasteiger partial charge on any atom is 0.230 e. The van der Waals surface area contributed by atoms with Crippen molar-refractivity contribution in [2.75, 3.05) is 0 Å². The average molecular weight is 271 g/mol. The summed E-state index contributed by atoms with van der Waals surface area (Å²) >= 11 is 0. The van der Waals surface area contributed by atoms with Crippen molar-refractivity contribution in [1.82, 2.24) is 15.5 Å². The van der Waals surface area contributed by atoms with Crippen molar-refractivity contribution in [3.8, 4) is 0 Å². The molecule has 3 rings (SSSR count). The molecule has 1 aliphatic rings. The van der Waals surface area contributed by atoms with Crippen molar-refractivity contribution >= 4 is 0 Å². The van der Waals surface area contributed by atoms with E-state index in [0.29, 0.717) is 18.5 Å².